The van der Waals surface area contributed by atoms with Gasteiger partial charge in [-0.2, -0.15) is 0 Å². The highest BCUT2D eigenvalue weighted by Crippen LogP contribution is 2.17. The number of aryl methyl sites for hydroxylation is 2. The van der Waals surface area contributed by atoms with Crippen molar-refractivity contribution >= 4 is 11.8 Å². The van der Waals surface area contributed by atoms with Gasteiger partial charge < -0.3 is 5.11 Å². The molecular formula is C16H14O3. The molecule has 0 unspecified atom stereocenters. The average Bonchev–Trinajstić information content (AvgIpc) is 2.38. The standard InChI is InChI=1S/C16H14O3/c1-10-4-3-5-12(8-10)15(17)14-9-13(16(18)19)7-6-11(14)2/h3-9H,1-2H3,(H,18,19). The molecule has 1 N–H and O–H groups in total. The maximum Gasteiger partial charge on any atom is 0.335 e. The van der Waals surface area contributed by atoms with Crippen LogP contribution in [0.2, 0.25) is 0 Å². The topological polar surface area (TPSA) is 54.4 Å². The Labute approximate surface area is 111 Å². The maximum atomic E-state index is 12.4. The summed E-state index contributed by atoms with van der Waals surface area (Å²) in [5, 5.41) is 8.99. The number of benzene rings is 2. The van der Waals surface area contributed by atoms with E-state index in [0.717, 1.165) is 11.1 Å². The van der Waals surface area contributed by atoms with Crippen LogP contribution < -0.4 is 0 Å². The van der Waals surface area contributed by atoms with Gasteiger partial charge in [-0.25, -0.2) is 4.79 Å². The first-order chi connectivity index (χ1) is 8.99. The van der Waals surface area contributed by atoms with Crippen LogP contribution in [0, 0.1) is 13.8 Å². The zero-order valence-electron chi connectivity index (χ0n) is 10.8. The van der Waals surface area contributed by atoms with Gasteiger partial charge in [0.25, 0.3) is 0 Å². The van der Waals surface area contributed by atoms with Gasteiger partial charge in [0, 0.05) is 11.1 Å². The molecule has 2 aromatic rings. The molecule has 3 nitrogen and oxygen atoms in total. The van der Waals surface area contributed by atoms with E-state index in [1.807, 2.05) is 19.1 Å². The van der Waals surface area contributed by atoms with E-state index >= 15 is 0 Å². The SMILES string of the molecule is Cc1cccc(C(=O)c2cc(C(=O)O)ccc2C)c1. The molecule has 0 fully saturated rings. The van der Waals surface area contributed by atoms with Gasteiger partial charge in [-0.05, 0) is 37.6 Å². The van der Waals surface area contributed by atoms with Crippen LogP contribution in [0.1, 0.15) is 37.4 Å². The molecule has 0 atom stereocenters. The Bertz CT molecular complexity index is 657. The van der Waals surface area contributed by atoms with Crippen molar-refractivity contribution in [2.75, 3.05) is 0 Å². The Morgan fingerprint density at radius 3 is 2.32 bits per heavy atom. The summed E-state index contributed by atoms with van der Waals surface area (Å²) in [4.78, 5) is 23.4. The number of carbonyl (C=O) groups is 2. The highest BCUT2D eigenvalue weighted by molar-refractivity contribution is 6.10. The monoisotopic (exact) mass is 254 g/mol. The Morgan fingerprint density at radius 2 is 1.68 bits per heavy atom. The summed E-state index contributed by atoms with van der Waals surface area (Å²) in [7, 11) is 0. The van der Waals surface area contributed by atoms with Crippen LogP contribution in [-0.2, 0) is 0 Å². The first-order valence-electron chi connectivity index (χ1n) is 5.94. The molecular weight excluding hydrogens is 240 g/mol. The second kappa shape index (κ2) is 5.06. The molecule has 96 valence electrons. The van der Waals surface area contributed by atoms with Crippen molar-refractivity contribution in [1.29, 1.82) is 0 Å². The summed E-state index contributed by atoms with van der Waals surface area (Å²) in [6, 6.07) is 11.9. The minimum absolute atomic E-state index is 0.126. The van der Waals surface area contributed by atoms with Crippen LogP contribution in [0.4, 0.5) is 0 Å². The number of carbonyl (C=O) groups excluding carboxylic acids is 1. The van der Waals surface area contributed by atoms with Crippen molar-refractivity contribution < 1.29 is 14.7 Å². The molecule has 3 heteroatoms. The summed E-state index contributed by atoms with van der Waals surface area (Å²) in [6.07, 6.45) is 0. The van der Waals surface area contributed by atoms with E-state index in [1.165, 1.54) is 12.1 Å². The molecule has 0 amide bonds. The van der Waals surface area contributed by atoms with Gasteiger partial charge in [-0.3, -0.25) is 4.79 Å². The minimum atomic E-state index is -1.03. The molecule has 2 rings (SSSR count). The second-order valence-electron chi connectivity index (χ2n) is 4.53. The van der Waals surface area contributed by atoms with Crippen molar-refractivity contribution in [1.82, 2.24) is 0 Å². The van der Waals surface area contributed by atoms with Crippen molar-refractivity contribution in [2.45, 2.75) is 13.8 Å². The lowest BCUT2D eigenvalue weighted by molar-refractivity contribution is 0.0697. The van der Waals surface area contributed by atoms with Crippen molar-refractivity contribution in [3.8, 4) is 0 Å². The predicted molar refractivity (Wildman–Crippen MR) is 72.7 cm³/mol. The van der Waals surface area contributed by atoms with Gasteiger partial charge in [0.1, 0.15) is 0 Å². The summed E-state index contributed by atoms with van der Waals surface area (Å²) >= 11 is 0. The Kier molecular flexibility index (Phi) is 3.47. The van der Waals surface area contributed by atoms with Gasteiger partial charge in [-0.15, -0.1) is 0 Å². The minimum Gasteiger partial charge on any atom is -0.478 e. The Balaban J connectivity index is 2.49. The molecule has 0 saturated heterocycles. The van der Waals surface area contributed by atoms with Crippen LogP contribution in [0.5, 0.6) is 0 Å². The van der Waals surface area contributed by atoms with E-state index in [0.29, 0.717) is 11.1 Å². The van der Waals surface area contributed by atoms with E-state index in [1.54, 1.807) is 25.1 Å². The van der Waals surface area contributed by atoms with Gasteiger partial charge in [0.2, 0.25) is 0 Å². The lowest BCUT2D eigenvalue weighted by Gasteiger charge is -2.07. The van der Waals surface area contributed by atoms with Crippen molar-refractivity contribution in [2.24, 2.45) is 0 Å². The first-order valence-corrected chi connectivity index (χ1v) is 5.94. The van der Waals surface area contributed by atoms with Crippen LogP contribution >= 0.6 is 0 Å². The third-order valence-electron chi connectivity index (χ3n) is 3.01. The average molecular weight is 254 g/mol. The van der Waals surface area contributed by atoms with E-state index in [-0.39, 0.29) is 11.3 Å². The number of aromatic carboxylic acids is 1. The molecule has 0 aromatic heterocycles. The molecule has 0 aliphatic rings. The van der Waals surface area contributed by atoms with Gasteiger partial charge in [-0.1, -0.05) is 29.8 Å². The molecule has 19 heavy (non-hydrogen) atoms. The van der Waals surface area contributed by atoms with E-state index < -0.39 is 5.97 Å². The fourth-order valence-corrected chi connectivity index (χ4v) is 1.94. The number of rotatable bonds is 3. The number of hydrogen-bond acceptors (Lipinski definition) is 2. The molecule has 0 bridgehead atoms. The van der Waals surface area contributed by atoms with Crippen molar-refractivity contribution in [3.63, 3.8) is 0 Å². The lowest BCUT2D eigenvalue weighted by atomic mass is 9.96. The lowest BCUT2D eigenvalue weighted by Crippen LogP contribution is -2.06. The summed E-state index contributed by atoms with van der Waals surface area (Å²) in [6.45, 7) is 3.71. The van der Waals surface area contributed by atoms with E-state index in [9.17, 15) is 9.59 Å². The van der Waals surface area contributed by atoms with Gasteiger partial charge in [0.05, 0.1) is 5.56 Å². The summed E-state index contributed by atoms with van der Waals surface area (Å²) in [5.74, 6) is -1.18. The molecule has 0 aliphatic carbocycles. The Hall–Kier alpha value is -2.42. The largest absolute Gasteiger partial charge is 0.478 e. The molecule has 2 aromatic carbocycles. The number of carboxylic acid groups (broad SMARTS) is 1. The van der Waals surface area contributed by atoms with Gasteiger partial charge in [0.15, 0.2) is 5.78 Å². The zero-order valence-corrected chi connectivity index (χ0v) is 10.8. The summed E-state index contributed by atoms with van der Waals surface area (Å²) < 4.78 is 0. The first kappa shape index (κ1) is 13.0. The maximum absolute atomic E-state index is 12.4. The number of ketones is 1. The molecule has 0 aliphatic heterocycles. The Morgan fingerprint density at radius 1 is 0.947 bits per heavy atom. The summed E-state index contributed by atoms with van der Waals surface area (Å²) in [5.41, 5.74) is 2.91. The van der Waals surface area contributed by atoms with Crippen LogP contribution in [-0.4, -0.2) is 16.9 Å². The van der Waals surface area contributed by atoms with E-state index in [2.05, 4.69) is 0 Å². The van der Waals surface area contributed by atoms with Crippen LogP contribution in [0.15, 0.2) is 42.5 Å². The molecule has 0 spiro atoms. The molecule has 0 saturated carbocycles. The van der Waals surface area contributed by atoms with Crippen LogP contribution in [0.25, 0.3) is 0 Å². The fourth-order valence-electron chi connectivity index (χ4n) is 1.94. The predicted octanol–water partition coefficient (Wildman–Crippen LogP) is 3.23. The highest BCUT2D eigenvalue weighted by atomic mass is 16.4. The number of hydrogen-bond donors (Lipinski definition) is 1. The fraction of sp³-hybridized carbons (Fsp3) is 0.125. The highest BCUT2D eigenvalue weighted by Gasteiger charge is 2.14. The molecule has 0 radical (unpaired) electrons. The zero-order chi connectivity index (χ0) is 14.0. The van der Waals surface area contributed by atoms with Crippen molar-refractivity contribution in [3.05, 3.63) is 70.3 Å². The van der Waals surface area contributed by atoms with Gasteiger partial charge >= 0.3 is 5.97 Å². The van der Waals surface area contributed by atoms with E-state index in [4.69, 9.17) is 5.11 Å². The number of carboxylic acids is 1. The normalized spacial score (nSPS) is 10.2. The quantitative estimate of drug-likeness (QED) is 0.855. The second-order valence-corrected chi connectivity index (χ2v) is 4.53. The third-order valence-corrected chi connectivity index (χ3v) is 3.01. The smallest absolute Gasteiger partial charge is 0.335 e. The third kappa shape index (κ3) is 2.71. The van der Waals surface area contributed by atoms with Crippen LogP contribution in [0.3, 0.4) is 0 Å². The molecule has 0 heterocycles.